The zero-order valence-corrected chi connectivity index (χ0v) is 16.7. The number of likely N-dealkylation sites (tertiary alicyclic amines) is 1. The number of aromatic nitrogens is 1. The molecule has 0 spiro atoms. The molecule has 1 aliphatic carbocycles. The summed E-state index contributed by atoms with van der Waals surface area (Å²) in [7, 11) is 0. The molecule has 28 heavy (non-hydrogen) atoms. The molecule has 1 saturated heterocycles. The molecule has 1 aromatic carbocycles. The van der Waals surface area contributed by atoms with Crippen LogP contribution in [0.1, 0.15) is 54.7 Å². The fourth-order valence-electron chi connectivity index (χ4n) is 4.58. The number of rotatable bonds is 3. The summed E-state index contributed by atoms with van der Waals surface area (Å²) < 4.78 is 5.20. The number of carbonyl (C=O) groups excluding carboxylic acids is 2. The van der Waals surface area contributed by atoms with E-state index in [-0.39, 0.29) is 17.8 Å². The average molecular weight is 380 g/mol. The first kappa shape index (κ1) is 18.9. The number of ether oxygens (including phenoxy) is 1. The second kappa shape index (κ2) is 7.90. The van der Waals surface area contributed by atoms with Gasteiger partial charge in [-0.05, 0) is 56.6 Å². The summed E-state index contributed by atoms with van der Waals surface area (Å²) >= 11 is 0. The van der Waals surface area contributed by atoms with Gasteiger partial charge in [0.1, 0.15) is 0 Å². The van der Waals surface area contributed by atoms with Crippen molar-refractivity contribution in [3.05, 3.63) is 41.1 Å². The van der Waals surface area contributed by atoms with Crippen LogP contribution in [0.5, 0.6) is 0 Å². The highest BCUT2D eigenvalue weighted by atomic mass is 16.5. The molecule has 0 radical (unpaired) electrons. The van der Waals surface area contributed by atoms with Gasteiger partial charge in [0.25, 0.3) is 5.91 Å². The maximum atomic E-state index is 13.7. The van der Waals surface area contributed by atoms with Crippen LogP contribution < -0.4 is 0 Å². The monoisotopic (exact) mass is 380 g/mol. The highest BCUT2D eigenvalue weighted by Crippen LogP contribution is 2.33. The summed E-state index contributed by atoms with van der Waals surface area (Å²) in [6.45, 7) is 5.57. The molecule has 5 nitrogen and oxygen atoms in total. The van der Waals surface area contributed by atoms with Gasteiger partial charge >= 0.3 is 5.97 Å². The van der Waals surface area contributed by atoms with Crippen molar-refractivity contribution in [2.24, 2.45) is 11.8 Å². The SMILES string of the molecule is CCOC(=O)[C@H]1CCCN(C(=O)c2c3c(nc4ccccc24)CC[C@H](C)C3)C1. The predicted molar refractivity (Wildman–Crippen MR) is 108 cm³/mol. The second-order valence-electron chi connectivity index (χ2n) is 8.12. The Morgan fingerprint density at radius 2 is 2.07 bits per heavy atom. The molecule has 0 saturated carbocycles. The van der Waals surface area contributed by atoms with Gasteiger partial charge in [0.2, 0.25) is 0 Å². The third-order valence-corrected chi connectivity index (χ3v) is 6.05. The molecule has 0 bridgehead atoms. The average Bonchev–Trinajstić information content (AvgIpc) is 2.72. The molecule has 5 heteroatoms. The third kappa shape index (κ3) is 3.50. The molecule has 2 aliphatic rings. The predicted octanol–water partition coefficient (Wildman–Crippen LogP) is 3.77. The number of carbonyl (C=O) groups is 2. The maximum Gasteiger partial charge on any atom is 0.310 e. The fourth-order valence-corrected chi connectivity index (χ4v) is 4.58. The summed E-state index contributed by atoms with van der Waals surface area (Å²) in [6, 6.07) is 7.93. The van der Waals surface area contributed by atoms with Crippen LogP contribution in [0, 0.1) is 11.8 Å². The van der Waals surface area contributed by atoms with E-state index in [0.717, 1.165) is 59.8 Å². The number of amides is 1. The van der Waals surface area contributed by atoms with Crippen LogP contribution in [0.25, 0.3) is 10.9 Å². The van der Waals surface area contributed by atoms with Crippen LogP contribution in [0.15, 0.2) is 24.3 Å². The Labute approximate surface area is 166 Å². The topological polar surface area (TPSA) is 59.5 Å². The van der Waals surface area contributed by atoms with Crippen molar-refractivity contribution in [2.75, 3.05) is 19.7 Å². The third-order valence-electron chi connectivity index (χ3n) is 6.05. The fraction of sp³-hybridized carbons (Fsp3) is 0.522. The quantitative estimate of drug-likeness (QED) is 0.761. The van der Waals surface area contributed by atoms with Gasteiger partial charge in [-0.15, -0.1) is 0 Å². The molecule has 2 aromatic rings. The van der Waals surface area contributed by atoms with Crippen molar-refractivity contribution in [1.29, 1.82) is 0 Å². The van der Waals surface area contributed by atoms with Gasteiger partial charge in [-0.25, -0.2) is 0 Å². The first-order valence-corrected chi connectivity index (χ1v) is 10.4. The van der Waals surface area contributed by atoms with E-state index in [4.69, 9.17) is 9.72 Å². The normalized spacial score (nSPS) is 22.0. The number of aryl methyl sites for hydroxylation is 1. The largest absolute Gasteiger partial charge is 0.466 e. The lowest BCUT2D eigenvalue weighted by Crippen LogP contribution is -2.43. The van der Waals surface area contributed by atoms with Gasteiger partial charge in [-0.2, -0.15) is 0 Å². The molecular weight excluding hydrogens is 352 g/mol. The number of fused-ring (bicyclic) bond motifs is 2. The first-order valence-electron chi connectivity index (χ1n) is 10.4. The van der Waals surface area contributed by atoms with E-state index in [1.807, 2.05) is 36.1 Å². The van der Waals surface area contributed by atoms with E-state index in [2.05, 4.69) is 6.92 Å². The molecule has 0 N–H and O–H groups in total. The van der Waals surface area contributed by atoms with Gasteiger partial charge in [0.15, 0.2) is 0 Å². The lowest BCUT2D eigenvalue weighted by Gasteiger charge is -2.33. The maximum absolute atomic E-state index is 13.7. The Morgan fingerprint density at radius 3 is 2.89 bits per heavy atom. The molecule has 2 heterocycles. The molecule has 4 rings (SSSR count). The van der Waals surface area contributed by atoms with Crippen molar-refractivity contribution >= 4 is 22.8 Å². The van der Waals surface area contributed by atoms with Crippen molar-refractivity contribution in [2.45, 2.75) is 46.0 Å². The van der Waals surface area contributed by atoms with E-state index < -0.39 is 0 Å². The molecule has 1 fully saturated rings. The van der Waals surface area contributed by atoms with E-state index in [1.165, 1.54) is 0 Å². The van der Waals surface area contributed by atoms with Gasteiger partial charge in [-0.1, -0.05) is 25.1 Å². The van der Waals surface area contributed by atoms with Crippen molar-refractivity contribution in [3.63, 3.8) is 0 Å². The molecule has 148 valence electrons. The lowest BCUT2D eigenvalue weighted by atomic mass is 9.83. The number of benzene rings is 1. The highest BCUT2D eigenvalue weighted by molar-refractivity contribution is 6.08. The van der Waals surface area contributed by atoms with E-state index in [9.17, 15) is 9.59 Å². The van der Waals surface area contributed by atoms with Crippen LogP contribution in [0.3, 0.4) is 0 Å². The van der Waals surface area contributed by atoms with Gasteiger partial charge < -0.3 is 9.64 Å². The molecule has 1 aromatic heterocycles. The van der Waals surface area contributed by atoms with Crippen LogP contribution in [0.2, 0.25) is 0 Å². The lowest BCUT2D eigenvalue weighted by molar-refractivity contribution is -0.149. The second-order valence-corrected chi connectivity index (χ2v) is 8.12. The highest BCUT2D eigenvalue weighted by Gasteiger charge is 2.33. The minimum Gasteiger partial charge on any atom is -0.466 e. The van der Waals surface area contributed by atoms with Gasteiger partial charge in [-0.3, -0.25) is 14.6 Å². The Hall–Kier alpha value is -2.43. The number of nitrogens with zero attached hydrogens (tertiary/aromatic N) is 2. The summed E-state index contributed by atoms with van der Waals surface area (Å²) in [5.74, 6) is 0.185. The number of esters is 1. The van der Waals surface area contributed by atoms with Crippen molar-refractivity contribution in [3.8, 4) is 0 Å². The number of piperidine rings is 1. The minimum absolute atomic E-state index is 0.0398. The first-order chi connectivity index (χ1) is 13.6. The van der Waals surface area contributed by atoms with Crippen LogP contribution in [0.4, 0.5) is 0 Å². The Bertz CT molecular complexity index is 908. The van der Waals surface area contributed by atoms with Crippen LogP contribution in [-0.2, 0) is 22.4 Å². The minimum atomic E-state index is -0.222. The number of para-hydroxylation sites is 1. The summed E-state index contributed by atoms with van der Waals surface area (Å²) in [5, 5.41) is 0.929. The molecule has 1 aliphatic heterocycles. The van der Waals surface area contributed by atoms with Crippen molar-refractivity contribution < 1.29 is 14.3 Å². The van der Waals surface area contributed by atoms with Crippen molar-refractivity contribution in [1.82, 2.24) is 9.88 Å². The zero-order valence-electron chi connectivity index (χ0n) is 16.7. The van der Waals surface area contributed by atoms with E-state index in [0.29, 0.717) is 25.6 Å². The number of hydrogen-bond acceptors (Lipinski definition) is 4. The Balaban J connectivity index is 1.72. The van der Waals surface area contributed by atoms with Crippen LogP contribution >= 0.6 is 0 Å². The van der Waals surface area contributed by atoms with E-state index >= 15 is 0 Å². The number of pyridine rings is 1. The Kier molecular flexibility index (Phi) is 5.33. The summed E-state index contributed by atoms with van der Waals surface area (Å²) in [4.78, 5) is 32.6. The molecule has 2 atom stereocenters. The molecule has 0 unspecified atom stereocenters. The smallest absolute Gasteiger partial charge is 0.310 e. The van der Waals surface area contributed by atoms with E-state index in [1.54, 1.807) is 0 Å². The Morgan fingerprint density at radius 1 is 1.25 bits per heavy atom. The van der Waals surface area contributed by atoms with Gasteiger partial charge in [0, 0.05) is 24.2 Å². The summed E-state index contributed by atoms with van der Waals surface area (Å²) in [5.41, 5.74) is 3.87. The number of hydrogen-bond donors (Lipinski definition) is 0. The summed E-state index contributed by atoms with van der Waals surface area (Å²) in [6.07, 6.45) is 4.54. The van der Waals surface area contributed by atoms with Gasteiger partial charge in [0.05, 0.1) is 23.6 Å². The van der Waals surface area contributed by atoms with Crippen LogP contribution in [-0.4, -0.2) is 41.5 Å². The standard InChI is InChI=1S/C23H28N2O3/c1-3-28-23(27)16-7-6-12-25(14-16)22(26)21-17-8-4-5-9-19(17)24-20-11-10-15(2)13-18(20)21/h4-5,8-9,15-16H,3,6-7,10-14H2,1-2H3/t15-,16-/m0/s1. The zero-order chi connectivity index (χ0) is 19.7. The molecular formula is C23H28N2O3. The molecule has 1 amide bonds.